The summed E-state index contributed by atoms with van der Waals surface area (Å²) in [6.07, 6.45) is 5.26. The number of morpholine rings is 1. The van der Waals surface area contributed by atoms with Crippen molar-refractivity contribution in [2.75, 3.05) is 53.0 Å². The number of piperidine rings is 1. The molecule has 0 saturated carbocycles. The number of imidazole rings is 1. The number of nitrogens with one attached hydrogen (secondary N) is 1. The molecule has 0 aliphatic carbocycles. The number of ether oxygens (including phenoxy) is 1. The second-order valence-electron chi connectivity index (χ2n) is 7.18. The Labute approximate surface area is 160 Å². The van der Waals surface area contributed by atoms with Gasteiger partial charge in [0.1, 0.15) is 5.82 Å². The third-order valence-corrected chi connectivity index (χ3v) is 5.32. The van der Waals surface area contributed by atoms with E-state index in [4.69, 9.17) is 4.74 Å². The Balaban J connectivity index is 1.38. The maximum atomic E-state index is 12.5. The van der Waals surface area contributed by atoms with E-state index in [0.29, 0.717) is 45.9 Å². The Morgan fingerprint density at radius 1 is 1.22 bits per heavy atom. The van der Waals surface area contributed by atoms with Gasteiger partial charge in [-0.3, -0.25) is 0 Å². The van der Waals surface area contributed by atoms with E-state index in [-0.39, 0.29) is 18.1 Å². The first-order chi connectivity index (χ1) is 13.0. The van der Waals surface area contributed by atoms with Crippen molar-refractivity contribution in [3.8, 4) is 0 Å². The number of carbonyl (C=O) groups excluding carboxylic acids is 2. The van der Waals surface area contributed by atoms with Crippen LogP contribution in [-0.4, -0.2) is 95.3 Å². The number of nitrogens with zero attached hydrogens (tertiary/aromatic N) is 5. The van der Waals surface area contributed by atoms with Gasteiger partial charge in [-0.05, 0) is 19.8 Å². The molecule has 9 heteroatoms. The van der Waals surface area contributed by atoms with Crippen molar-refractivity contribution in [3.05, 3.63) is 18.2 Å². The highest BCUT2D eigenvalue weighted by molar-refractivity contribution is 5.75. The van der Waals surface area contributed by atoms with Gasteiger partial charge in [0, 0.05) is 64.8 Å². The number of aromatic nitrogens is 2. The van der Waals surface area contributed by atoms with Crippen LogP contribution in [0.3, 0.4) is 0 Å². The number of rotatable bonds is 4. The molecule has 0 unspecified atom stereocenters. The second kappa shape index (κ2) is 9.07. The number of aryl methyl sites for hydroxylation is 1. The van der Waals surface area contributed by atoms with E-state index in [0.717, 1.165) is 25.2 Å². The van der Waals surface area contributed by atoms with Gasteiger partial charge in [-0.25, -0.2) is 14.6 Å². The molecule has 4 amide bonds. The number of likely N-dealkylation sites (N-methyl/N-ethyl adjacent to an activating group) is 1. The molecule has 0 aromatic carbocycles. The zero-order valence-electron chi connectivity index (χ0n) is 16.3. The molecule has 0 spiro atoms. The minimum absolute atomic E-state index is 0.0641. The van der Waals surface area contributed by atoms with Gasteiger partial charge < -0.3 is 29.3 Å². The number of carbonyl (C=O) groups is 2. The van der Waals surface area contributed by atoms with Crippen LogP contribution in [0.2, 0.25) is 0 Å². The lowest BCUT2D eigenvalue weighted by molar-refractivity contribution is 0.0408. The highest BCUT2D eigenvalue weighted by Gasteiger charge is 2.28. The lowest BCUT2D eigenvalue weighted by atomic mass is 10.1. The second-order valence-corrected chi connectivity index (χ2v) is 7.18. The largest absolute Gasteiger partial charge is 0.378 e. The van der Waals surface area contributed by atoms with Gasteiger partial charge >= 0.3 is 12.1 Å². The number of likely N-dealkylation sites (tertiary alicyclic amines) is 1. The molecule has 0 radical (unpaired) electrons. The highest BCUT2D eigenvalue weighted by atomic mass is 16.5. The first-order valence-corrected chi connectivity index (χ1v) is 9.65. The molecular formula is C18H30N6O3. The standard InChI is InChI=1S/C18H30N6O3/c1-15-19-5-8-22(15)10-9-21(2)17(25)20-16-3-6-23(7-4-16)18(26)24-11-13-27-14-12-24/h5,8,16H,3-4,6-7,9-14H2,1-2H3,(H,20,25). The van der Waals surface area contributed by atoms with Crippen LogP contribution < -0.4 is 5.32 Å². The van der Waals surface area contributed by atoms with Crippen molar-refractivity contribution >= 4 is 12.1 Å². The van der Waals surface area contributed by atoms with Crippen molar-refractivity contribution < 1.29 is 14.3 Å². The molecule has 2 aliphatic heterocycles. The molecule has 1 aromatic heterocycles. The molecule has 2 saturated heterocycles. The molecule has 0 bridgehead atoms. The average Bonchev–Trinajstić information content (AvgIpc) is 3.11. The topological polar surface area (TPSA) is 82.9 Å². The van der Waals surface area contributed by atoms with Gasteiger partial charge in [0.05, 0.1) is 13.2 Å². The molecule has 2 fully saturated rings. The quantitative estimate of drug-likeness (QED) is 0.838. The average molecular weight is 378 g/mol. The van der Waals surface area contributed by atoms with Crippen LogP contribution in [0.1, 0.15) is 18.7 Å². The number of amides is 4. The maximum Gasteiger partial charge on any atom is 0.320 e. The van der Waals surface area contributed by atoms with Crippen molar-refractivity contribution in [2.24, 2.45) is 0 Å². The summed E-state index contributed by atoms with van der Waals surface area (Å²) in [6.45, 7) is 7.21. The monoisotopic (exact) mass is 378 g/mol. The molecule has 1 aromatic rings. The summed E-state index contributed by atoms with van der Waals surface area (Å²) in [5, 5.41) is 3.09. The fraction of sp³-hybridized carbons (Fsp3) is 0.722. The van der Waals surface area contributed by atoms with Crippen LogP contribution in [0.25, 0.3) is 0 Å². The predicted octanol–water partition coefficient (Wildman–Crippen LogP) is 0.750. The van der Waals surface area contributed by atoms with Gasteiger partial charge in [0.25, 0.3) is 0 Å². The van der Waals surface area contributed by atoms with E-state index in [1.165, 1.54) is 0 Å². The van der Waals surface area contributed by atoms with E-state index in [2.05, 4.69) is 10.3 Å². The smallest absolute Gasteiger partial charge is 0.320 e. The van der Waals surface area contributed by atoms with Gasteiger partial charge in [0.2, 0.25) is 0 Å². The summed E-state index contributed by atoms with van der Waals surface area (Å²) >= 11 is 0. The molecule has 1 N–H and O–H groups in total. The fourth-order valence-corrected chi connectivity index (χ4v) is 3.45. The third-order valence-electron chi connectivity index (χ3n) is 5.32. The highest BCUT2D eigenvalue weighted by Crippen LogP contribution is 2.14. The SMILES string of the molecule is Cc1nccn1CCN(C)C(=O)NC1CCN(C(=O)N2CCOCC2)CC1. The molecule has 3 rings (SSSR count). The molecular weight excluding hydrogens is 348 g/mol. The van der Waals surface area contributed by atoms with E-state index >= 15 is 0 Å². The third kappa shape index (κ3) is 5.12. The summed E-state index contributed by atoms with van der Waals surface area (Å²) in [6, 6.07) is 0.144. The van der Waals surface area contributed by atoms with Crippen molar-refractivity contribution in [1.29, 1.82) is 0 Å². The van der Waals surface area contributed by atoms with Gasteiger partial charge in [-0.1, -0.05) is 0 Å². The van der Waals surface area contributed by atoms with Gasteiger partial charge in [-0.2, -0.15) is 0 Å². The van der Waals surface area contributed by atoms with E-state index in [1.807, 2.05) is 27.5 Å². The minimum Gasteiger partial charge on any atom is -0.378 e. The van der Waals surface area contributed by atoms with Gasteiger partial charge in [-0.15, -0.1) is 0 Å². The summed E-state index contributed by atoms with van der Waals surface area (Å²) in [5.74, 6) is 0.945. The lowest BCUT2D eigenvalue weighted by Gasteiger charge is -2.37. The first kappa shape index (κ1) is 19.5. The number of urea groups is 2. The maximum absolute atomic E-state index is 12.5. The van der Waals surface area contributed by atoms with Crippen molar-refractivity contribution in [3.63, 3.8) is 0 Å². The van der Waals surface area contributed by atoms with E-state index in [9.17, 15) is 9.59 Å². The van der Waals surface area contributed by atoms with Crippen LogP contribution in [0, 0.1) is 6.92 Å². The first-order valence-electron chi connectivity index (χ1n) is 9.65. The van der Waals surface area contributed by atoms with Crippen LogP contribution >= 0.6 is 0 Å². The molecule has 0 atom stereocenters. The van der Waals surface area contributed by atoms with Crippen LogP contribution in [0.5, 0.6) is 0 Å². The van der Waals surface area contributed by atoms with E-state index < -0.39 is 0 Å². The molecule has 3 heterocycles. The van der Waals surface area contributed by atoms with E-state index in [1.54, 1.807) is 18.1 Å². The Bertz CT molecular complexity index is 635. The predicted molar refractivity (Wildman–Crippen MR) is 101 cm³/mol. The number of hydrogen-bond donors (Lipinski definition) is 1. The molecule has 150 valence electrons. The molecule has 2 aliphatic rings. The minimum atomic E-state index is -0.0641. The van der Waals surface area contributed by atoms with Crippen LogP contribution in [0.4, 0.5) is 9.59 Å². The van der Waals surface area contributed by atoms with Crippen molar-refractivity contribution in [2.45, 2.75) is 32.4 Å². The summed E-state index contributed by atoms with van der Waals surface area (Å²) in [5.41, 5.74) is 0. The Hall–Kier alpha value is -2.29. The summed E-state index contributed by atoms with van der Waals surface area (Å²) < 4.78 is 7.33. The molecule has 9 nitrogen and oxygen atoms in total. The summed E-state index contributed by atoms with van der Waals surface area (Å²) in [4.78, 5) is 34.5. The molecule has 27 heavy (non-hydrogen) atoms. The van der Waals surface area contributed by atoms with Gasteiger partial charge in [0.15, 0.2) is 0 Å². The fourth-order valence-electron chi connectivity index (χ4n) is 3.45. The Kier molecular flexibility index (Phi) is 6.54. The van der Waals surface area contributed by atoms with Crippen LogP contribution in [-0.2, 0) is 11.3 Å². The van der Waals surface area contributed by atoms with Crippen LogP contribution in [0.15, 0.2) is 12.4 Å². The Morgan fingerprint density at radius 3 is 2.52 bits per heavy atom. The Morgan fingerprint density at radius 2 is 1.89 bits per heavy atom. The lowest BCUT2D eigenvalue weighted by Crippen LogP contribution is -2.53. The normalized spacial score (nSPS) is 18.4. The summed E-state index contributed by atoms with van der Waals surface area (Å²) in [7, 11) is 1.80. The number of hydrogen-bond acceptors (Lipinski definition) is 4. The zero-order valence-corrected chi connectivity index (χ0v) is 16.3. The van der Waals surface area contributed by atoms with Crippen molar-refractivity contribution in [1.82, 2.24) is 29.6 Å². The zero-order chi connectivity index (χ0) is 19.2.